The number of nitrogens with one attached hydrogen (secondary N) is 2. The van der Waals surface area contributed by atoms with Crippen molar-refractivity contribution < 1.29 is 0 Å². The van der Waals surface area contributed by atoms with Gasteiger partial charge in [0.2, 0.25) is 0 Å². The maximum absolute atomic E-state index is 5.16. The van der Waals surface area contributed by atoms with Crippen molar-refractivity contribution in [3.8, 4) is 0 Å². The maximum atomic E-state index is 5.16. The molecular formula is C9H19N3S. The Balaban J connectivity index is 2.12. The summed E-state index contributed by atoms with van der Waals surface area (Å²) >= 11 is 4.90. The van der Waals surface area contributed by atoms with Crippen LogP contribution >= 0.6 is 12.2 Å². The van der Waals surface area contributed by atoms with E-state index in [1.807, 2.05) is 0 Å². The van der Waals surface area contributed by atoms with Crippen molar-refractivity contribution in [2.45, 2.75) is 32.6 Å². The average Bonchev–Trinajstić information content (AvgIpc) is 2.16. The normalized spacial score (nSPS) is 28.2. The van der Waals surface area contributed by atoms with Gasteiger partial charge in [0.1, 0.15) is 0 Å². The van der Waals surface area contributed by atoms with Crippen LogP contribution in [0.2, 0.25) is 0 Å². The summed E-state index contributed by atoms with van der Waals surface area (Å²) in [5, 5.41) is 3.67. The Morgan fingerprint density at radius 3 is 2.54 bits per heavy atom. The van der Waals surface area contributed by atoms with Crippen LogP contribution in [0.15, 0.2) is 0 Å². The van der Waals surface area contributed by atoms with Crippen LogP contribution in [-0.4, -0.2) is 11.7 Å². The molecule has 0 aromatic carbocycles. The Hall–Kier alpha value is -0.350. The Bertz CT molecular complexity index is 164. The van der Waals surface area contributed by atoms with Gasteiger partial charge in [-0.2, -0.15) is 0 Å². The predicted octanol–water partition coefficient (Wildman–Crippen LogP) is 1.15. The summed E-state index contributed by atoms with van der Waals surface area (Å²) in [7, 11) is 0. The molecule has 0 atom stereocenters. The molecule has 1 saturated carbocycles. The molecule has 1 fully saturated rings. The fourth-order valence-electron chi connectivity index (χ4n) is 1.82. The minimum Gasteiger partial charge on any atom is -0.361 e. The lowest BCUT2D eigenvalue weighted by atomic mass is 9.83. The molecule has 76 valence electrons. The molecule has 0 spiro atoms. The molecule has 0 saturated heterocycles. The highest BCUT2D eigenvalue weighted by Gasteiger charge is 2.17. The van der Waals surface area contributed by atoms with Gasteiger partial charge in [0, 0.05) is 6.54 Å². The minimum absolute atomic E-state index is 0.554. The zero-order chi connectivity index (χ0) is 9.68. The van der Waals surface area contributed by atoms with E-state index in [4.69, 9.17) is 18.1 Å². The van der Waals surface area contributed by atoms with Crippen LogP contribution in [-0.2, 0) is 0 Å². The van der Waals surface area contributed by atoms with Crippen molar-refractivity contribution in [3.63, 3.8) is 0 Å². The number of thiocarbonyl (C=S) groups is 1. The lowest BCUT2D eigenvalue weighted by Gasteiger charge is -2.26. The largest absolute Gasteiger partial charge is 0.361 e. The third kappa shape index (κ3) is 3.91. The Kier molecular flexibility index (Phi) is 4.45. The van der Waals surface area contributed by atoms with E-state index in [1.54, 1.807) is 0 Å². The van der Waals surface area contributed by atoms with Gasteiger partial charge in [0.05, 0.1) is 0 Å². The summed E-state index contributed by atoms with van der Waals surface area (Å²) in [4.78, 5) is 0. The first-order valence-corrected chi connectivity index (χ1v) is 5.37. The molecule has 3 nitrogen and oxygen atoms in total. The maximum Gasteiger partial charge on any atom is 0.180 e. The van der Waals surface area contributed by atoms with E-state index in [-0.39, 0.29) is 0 Å². The Labute approximate surface area is 85.4 Å². The summed E-state index contributed by atoms with van der Waals surface area (Å²) in [5.74, 6) is 6.85. The van der Waals surface area contributed by atoms with E-state index in [1.165, 1.54) is 25.7 Å². The van der Waals surface area contributed by atoms with Gasteiger partial charge in [-0.25, -0.2) is 5.84 Å². The number of hydrazine groups is 1. The van der Waals surface area contributed by atoms with Gasteiger partial charge < -0.3 is 10.7 Å². The van der Waals surface area contributed by atoms with Crippen LogP contribution in [0.25, 0.3) is 0 Å². The summed E-state index contributed by atoms with van der Waals surface area (Å²) in [6.07, 6.45) is 5.35. The van der Waals surface area contributed by atoms with E-state index in [2.05, 4.69) is 17.7 Å². The molecule has 1 rings (SSSR count). The highest BCUT2D eigenvalue weighted by atomic mass is 32.1. The molecule has 1 aliphatic carbocycles. The molecule has 0 aromatic heterocycles. The van der Waals surface area contributed by atoms with Gasteiger partial charge in [-0.1, -0.05) is 19.8 Å². The van der Waals surface area contributed by atoms with Gasteiger partial charge in [-0.3, -0.25) is 0 Å². The highest BCUT2D eigenvalue weighted by molar-refractivity contribution is 7.80. The van der Waals surface area contributed by atoms with Gasteiger partial charge >= 0.3 is 0 Å². The quantitative estimate of drug-likeness (QED) is 0.356. The number of nitrogens with two attached hydrogens (primary N) is 1. The van der Waals surface area contributed by atoms with Crippen LogP contribution in [0.1, 0.15) is 32.6 Å². The highest BCUT2D eigenvalue weighted by Crippen LogP contribution is 2.27. The molecule has 0 aromatic rings. The van der Waals surface area contributed by atoms with Crippen LogP contribution in [0, 0.1) is 11.8 Å². The molecule has 0 radical (unpaired) electrons. The lowest BCUT2D eigenvalue weighted by Crippen LogP contribution is -2.42. The molecule has 0 amide bonds. The second kappa shape index (κ2) is 5.40. The van der Waals surface area contributed by atoms with Gasteiger partial charge in [0.15, 0.2) is 5.11 Å². The first-order valence-electron chi connectivity index (χ1n) is 4.96. The molecule has 0 unspecified atom stereocenters. The summed E-state index contributed by atoms with van der Waals surface area (Å²) in [6.45, 7) is 3.30. The fraction of sp³-hybridized carbons (Fsp3) is 0.889. The fourth-order valence-corrected chi connectivity index (χ4v) is 1.90. The van der Waals surface area contributed by atoms with Gasteiger partial charge in [0.25, 0.3) is 0 Å². The predicted molar refractivity (Wildman–Crippen MR) is 59.0 cm³/mol. The van der Waals surface area contributed by atoms with E-state index in [0.29, 0.717) is 5.11 Å². The van der Waals surface area contributed by atoms with Crippen LogP contribution in [0.5, 0.6) is 0 Å². The number of hydrogen-bond donors (Lipinski definition) is 3. The second-order valence-corrected chi connectivity index (χ2v) is 4.39. The van der Waals surface area contributed by atoms with E-state index in [9.17, 15) is 0 Å². The summed E-state index contributed by atoms with van der Waals surface area (Å²) < 4.78 is 0. The monoisotopic (exact) mass is 201 g/mol. The van der Waals surface area contributed by atoms with Gasteiger partial charge in [-0.05, 0) is 36.9 Å². The molecule has 4 heteroatoms. The Morgan fingerprint density at radius 2 is 2.00 bits per heavy atom. The van der Waals surface area contributed by atoms with Crippen molar-refractivity contribution >= 4 is 17.3 Å². The summed E-state index contributed by atoms with van der Waals surface area (Å²) in [5.41, 5.74) is 2.43. The van der Waals surface area contributed by atoms with Crippen LogP contribution in [0.3, 0.4) is 0 Å². The number of hydrogen-bond acceptors (Lipinski definition) is 2. The van der Waals surface area contributed by atoms with E-state index < -0.39 is 0 Å². The van der Waals surface area contributed by atoms with E-state index >= 15 is 0 Å². The molecule has 4 N–H and O–H groups in total. The first-order chi connectivity index (χ1) is 6.22. The van der Waals surface area contributed by atoms with Gasteiger partial charge in [-0.15, -0.1) is 0 Å². The van der Waals surface area contributed by atoms with E-state index in [0.717, 1.165) is 18.4 Å². The summed E-state index contributed by atoms with van der Waals surface area (Å²) in [6, 6.07) is 0. The molecule has 13 heavy (non-hydrogen) atoms. The standard InChI is InChI=1S/C9H19N3S/c1-7-2-4-8(5-3-7)6-11-9(13)12-10/h7-8H,2-6,10H2,1H3,(H2,11,12,13). The number of rotatable bonds is 2. The molecule has 0 bridgehead atoms. The SMILES string of the molecule is CC1CCC(CNC(=S)NN)CC1. The van der Waals surface area contributed by atoms with Crippen molar-refractivity contribution in [2.24, 2.45) is 17.7 Å². The molecular weight excluding hydrogens is 182 g/mol. The third-order valence-corrected chi connectivity index (χ3v) is 3.08. The van der Waals surface area contributed by atoms with Crippen LogP contribution in [0.4, 0.5) is 0 Å². The minimum atomic E-state index is 0.554. The lowest BCUT2D eigenvalue weighted by molar-refractivity contribution is 0.290. The first kappa shape index (κ1) is 10.7. The Morgan fingerprint density at radius 1 is 1.38 bits per heavy atom. The van der Waals surface area contributed by atoms with Crippen molar-refractivity contribution in [3.05, 3.63) is 0 Å². The zero-order valence-corrected chi connectivity index (χ0v) is 8.99. The topological polar surface area (TPSA) is 50.1 Å². The average molecular weight is 201 g/mol. The zero-order valence-electron chi connectivity index (χ0n) is 8.18. The smallest absolute Gasteiger partial charge is 0.180 e. The molecule has 1 aliphatic rings. The van der Waals surface area contributed by atoms with Crippen molar-refractivity contribution in [1.82, 2.24) is 10.7 Å². The van der Waals surface area contributed by atoms with Crippen molar-refractivity contribution in [1.29, 1.82) is 0 Å². The third-order valence-electron chi connectivity index (χ3n) is 2.82. The molecule has 0 aliphatic heterocycles. The molecule has 0 heterocycles. The second-order valence-electron chi connectivity index (χ2n) is 3.98. The van der Waals surface area contributed by atoms with Crippen molar-refractivity contribution in [2.75, 3.05) is 6.54 Å². The van der Waals surface area contributed by atoms with Crippen LogP contribution < -0.4 is 16.6 Å².